The number of nitrogens with one attached hydrogen (secondary N) is 1. The van der Waals surface area contributed by atoms with E-state index >= 15 is 0 Å². The summed E-state index contributed by atoms with van der Waals surface area (Å²) in [7, 11) is 0. The minimum absolute atomic E-state index is 0.770. The van der Waals surface area contributed by atoms with Crippen LogP contribution in [-0.4, -0.2) is 36.6 Å². The largest absolute Gasteiger partial charge is 0.315 e. The average Bonchev–Trinajstić information content (AvgIpc) is 2.29. The van der Waals surface area contributed by atoms with Crippen molar-refractivity contribution in [2.75, 3.05) is 19.6 Å². The predicted octanol–water partition coefficient (Wildman–Crippen LogP) is 3.03. The van der Waals surface area contributed by atoms with Crippen molar-refractivity contribution in [3.8, 4) is 0 Å². The number of hydrogen-bond donors (Lipinski definition) is 1. The van der Waals surface area contributed by atoms with Gasteiger partial charge in [0.1, 0.15) is 0 Å². The second-order valence-corrected chi connectivity index (χ2v) is 5.23. The first kappa shape index (κ1) is 14.0. The average molecular weight is 226 g/mol. The van der Waals surface area contributed by atoms with Crippen LogP contribution in [0.25, 0.3) is 0 Å². The lowest BCUT2D eigenvalue weighted by molar-refractivity contribution is 0.0980. The highest BCUT2D eigenvalue weighted by Gasteiger charge is 2.24. The molecule has 0 radical (unpaired) electrons. The molecule has 0 spiro atoms. The van der Waals surface area contributed by atoms with Gasteiger partial charge in [-0.2, -0.15) is 0 Å². The zero-order chi connectivity index (χ0) is 11.8. The van der Waals surface area contributed by atoms with E-state index in [0.717, 1.165) is 12.1 Å². The summed E-state index contributed by atoms with van der Waals surface area (Å²) in [6.45, 7) is 10.6. The number of nitrogens with zero attached hydrogens (tertiary/aromatic N) is 1. The van der Waals surface area contributed by atoms with Crippen molar-refractivity contribution in [3.63, 3.8) is 0 Å². The van der Waals surface area contributed by atoms with Crippen molar-refractivity contribution < 1.29 is 0 Å². The summed E-state index contributed by atoms with van der Waals surface area (Å²) in [6, 6.07) is 1.57. The van der Waals surface area contributed by atoms with E-state index in [4.69, 9.17) is 0 Å². The third-order valence-corrected chi connectivity index (χ3v) is 3.75. The van der Waals surface area contributed by atoms with Crippen molar-refractivity contribution >= 4 is 0 Å². The van der Waals surface area contributed by atoms with Crippen molar-refractivity contribution in [2.24, 2.45) is 0 Å². The summed E-state index contributed by atoms with van der Waals surface area (Å²) in [5.74, 6) is 0. The van der Waals surface area contributed by atoms with Crippen molar-refractivity contribution in [2.45, 2.75) is 71.4 Å². The minimum Gasteiger partial charge on any atom is -0.315 e. The normalized spacial score (nSPS) is 24.6. The van der Waals surface area contributed by atoms with Crippen LogP contribution in [-0.2, 0) is 0 Å². The predicted molar refractivity (Wildman–Crippen MR) is 71.9 cm³/mol. The first-order valence-electron chi connectivity index (χ1n) is 7.26. The molecule has 1 N–H and O–H groups in total. The standard InChI is InChI=1S/C14H30N2/c1-4-8-14(12-15-10-5-2)16-11-7-6-9-13(16)3/h13-15H,4-12H2,1-3H3. The highest BCUT2D eigenvalue weighted by molar-refractivity contribution is 4.81. The Balaban J connectivity index is 2.39. The molecule has 1 saturated heterocycles. The quantitative estimate of drug-likeness (QED) is 0.671. The van der Waals surface area contributed by atoms with E-state index in [2.05, 4.69) is 31.0 Å². The van der Waals surface area contributed by atoms with Crippen LogP contribution >= 0.6 is 0 Å². The molecule has 1 fully saturated rings. The van der Waals surface area contributed by atoms with E-state index in [0.29, 0.717) is 0 Å². The molecule has 96 valence electrons. The molecule has 0 aliphatic carbocycles. The molecule has 1 heterocycles. The van der Waals surface area contributed by atoms with Crippen LogP contribution in [0.15, 0.2) is 0 Å². The van der Waals surface area contributed by atoms with E-state index in [-0.39, 0.29) is 0 Å². The molecule has 0 saturated carbocycles. The number of hydrogen-bond acceptors (Lipinski definition) is 2. The molecule has 2 nitrogen and oxygen atoms in total. The van der Waals surface area contributed by atoms with E-state index in [1.54, 1.807) is 0 Å². The monoisotopic (exact) mass is 226 g/mol. The number of likely N-dealkylation sites (tertiary alicyclic amines) is 1. The maximum Gasteiger partial charge on any atom is 0.0223 e. The van der Waals surface area contributed by atoms with Crippen LogP contribution in [0.5, 0.6) is 0 Å². The van der Waals surface area contributed by atoms with E-state index in [1.165, 1.54) is 58.2 Å². The molecule has 16 heavy (non-hydrogen) atoms. The Morgan fingerprint density at radius 3 is 2.69 bits per heavy atom. The van der Waals surface area contributed by atoms with Crippen LogP contribution in [0.3, 0.4) is 0 Å². The van der Waals surface area contributed by atoms with Gasteiger partial charge in [0.05, 0.1) is 0 Å². The van der Waals surface area contributed by atoms with Gasteiger partial charge in [0.15, 0.2) is 0 Å². The molecule has 0 aromatic rings. The molecular weight excluding hydrogens is 196 g/mol. The topological polar surface area (TPSA) is 15.3 Å². The van der Waals surface area contributed by atoms with E-state index in [9.17, 15) is 0 Å². The van der Waals surface area contributed by atoms with Gasteiger partial charge in [-0.05, 0) is 45.7 Å². The summed E-state index contributed by atoms with van der Waals surface area (Å²) in [5, 5.41) is 3.60. The first-order chi connectivity index (χ1) is 7.79. The Morgan fingerprint density at radius 1 is 1.25 bits per heavy atom. The van der Waals surface area contributed by atoms with Crippen LogP contribution in [0.2, 0.25) is 0 Å². The second-order valence-electron chi connectivity index (χ2n) is 5.23. The zero-order valence-electron chi connectivity index (χ0n) is 11.5. The van der Waals surface area contributed by atoms with Gasteiger partial charge < -0.3 is 5.32 Å². The fourth-order valence-corrected chi connectivity index (χ4v) is 2.83. The molecule has 0 aromatic heterocycles. The lowest BCUT2D eigenvalue weighted by atomic mass is 9.99. The van der Waals surface area contributed by atoms with Crippen molar-refractivity contribution in [1.29, 1.82) is 0 Å². The van der Waals surface area contributed by atoms with Gasteiger partial charge in [-0.25, -0.2) is 0 Å². The fourth-order valence-electron chi connectivity index (χ4n) is 2.83. The smallest absolute Gasteiger partial charge is 0.0223 e. The van der Waals surface area contributed by atoms with Gasteiger partial charge in [-0.15, -0.1) is 0 Å². The van der Waals surface area contributed by atoms with Gasteiger partial charge >= 0.3 is 0 Å². The number of piperidine rings is 1. The Kier molecular flexibility index (Phi) is 7.06. The van der Waals surface area contributed by atoms with E-state index < -0.39 is 0 Å². The van der Waals surface area contributed by atoms with Gasteiger partial charge in [0.2, 0.25) is 0 Å². The third-order valence-electron chi connectivity index (χ3n) is 3.75. The van der Waals surface area contributed by atoms with Crippen molar-refractivity contribution in [3.05, 3.63) is 0 Å². The van der Waals surface area contributed by atoms with Gasteiger partial charge in [0, 0.05) is 18.6 Å². The summed E-state index contributed by atoms with van der Waals surface area (Å²) in [6.07, 6.45) is 8.13. The zero-order valence-corrected chi connectivity index (χ0v) is 11.5. The first-order valence-corrected chi connectivity index (χ1v) is 7.26. The Morgan fingerprint density at radius 2 is 2.06 bits per heavy atom. The summed E-state index contributed by atoms with van der Waals surface area (Å²) in [4.78, 5) is 2.75. The van der Waals surface area contributed by atoms with Crippen LogP contribution < -0.4 is 5.32 Å². The lowest BCUT2D eigenvalue weighted by Gasteiger charge is -2.40. The molecular formula is C14H30N2. The summed E-state index contributed by atoms with van der Waals surface area (Å²) in [5.41, 5.74) is 0. The molecule has 0 amide bonds. The number of rotatable bonds is 7. The third kappa shape index (κ3) is 4.42. The lowest BCUT2D eigenvalue weighted by Crippen LogP contribution is -2.49. The van der Waals surface area contributed by atoms with E-state index in [1.807, 2.05) is 0 Å². The molecule has 0 aromatic carbocycles. The summed E-state index contributed by atoms with van der Waals surface area (Å²) >= 11 is 0. The van der Waals surface area contributed by atoms with Gasteiger partial charge in [-0.1, -0.05) is 26.7 Å². The maximum absolute atomic E-state index is 3.60. The van der Waals surface area contributed by atoms with Gasteiger partial charge in [0.25, 0.3) is 0 Å². The molecule has 2 atom stereocenters. The molecule has 2 heteroatoms. The molecule has 1 rings (SSSR count). The molecule has 1 aliphatic heterocycles. The van der Waals surface area contributed by atoms with Crippen LogP contribution in [0.4, 0.5) is 0 Å². The Bertz CT molecular complexity index is 170. The fraction of sp³-hybridized carbons (Fsp3) is 1.00. The SMILES string of the molecule is CCCNCC(CCC)N1CCCCC1C. The van der Waals surface area contributed by atoms with Crippen molar-refractivity contribution in [1.82, 2.24) is 10.2 Å². The Hall–Kier alpha value is -0.0800. The highest BCUT2D eigenvalue weighted by atomic mass is 15.2. The van der Waals surface area contributed by atoms with Gasteiger partial charge in [-0.3, -0.25) is 4.90 Å². The Labute approximate surface area is 102 Å². The summed E-state index contributed by atoms with van der Waals surface area (Å²) < 4.78 is 0. The van der Waals surface area contributed by atoms with Crippen LogP contribution in [0.1, 0.15) is 59.3 Å². The van der Waals surface area contributed by atoms with Crippen LogP contribution in [0, 0.1) is 0 Å². The molecule has 2 unspecified atom stereocenters. The highest BCUT2D eigenvalue weighted by Crippen LogP contribution is 2.21. The minimum atomic E-state index is 0.770. The second kappa shape index (κ2) is 8.08. The molecule has 0 bridgehead atoms. The molecule has 1 aliphatic rings. The maximum atomic E-state index is 3.60.